The Bertz CT molecular complexity index is 3240. The van der Waals surface area contributed by atoms with E-state index in [0.29, 0.717) is 17.5 Å². The predicted octanol–water partition coefficient (Wildman–Crippen LogP) is 13.6. The highest BCUT2D eigenvalue weighted by Gasteiger charge is 2.19. The van der Waals surface area contributed by atoms with Gasteiger partial charge in [0.05, 0.1) is 0 Å². The van der Waals surface area contributed by atoms with Gasteiger partial charge < -0.3 is 4.42 Å². The molecule has 0 saturated carbocycles. The highest BCUT2D eigenvalue weighted by atomic mass is 16.3. The van der Waals surface area contributed by atoms with Gasteiger partial charge in [0.2, 0.25) is 0 Å². The average Bonchev–Trinajstić information content (AvgIpc) is 3.65. The molecule has 0 aliphatic carbocycles. The summed E-state index contributed by atoms with van der Waals surface area (Å²) < 4.78 is 6.44. The van der Waals surface area contributed by atoms with Gasteiger partial charge >= 0.3 is 0 Å². The van der Waals surface area contributed by atoms with Crippen molar-refractivity contribution >= 4 is 54.3 Å². The summed E-state index contributed by atoms with van der Waals surface area (Å²) in [7, 11) is 0. The lowest BCUT2D eigenvalue weighted by Gasteiger charge is -2.12. The fourth-order valence-electron chi connectivity index (χ4n) is 7.98. The predicted molar refractivity (Wildman–Crippen MR) is 227 cm³/mol. The van der Waals surface area contributed by atoms with E-state index in [-0.39, 0.29) is 0 Å². The molecular formula is C51H31N3O. The number of hydrogen-bond donors (Lipinski definition) is 0. The van der Waals surface area contributed by atoms with Crippen molar-refractivity contribution in [2.24, 2.45) is 0 Å². The van der Waals surface area contributed by atoms with Gasteiger partial charge in [-0.25, -0.2) is 15.0 Å². The second-order valence-corrected chi connectivity index (χ2v) is 14.0. The highest BCUT2D eigenvalue weighted by molar-refractivity contribution is 6.20. The maximum Gasteiger partial charge on any atom is 0.164 e. The Balaban J connectivity index is 1.14. The van der Waals surface area contributed by atoms with Crippen LogP contribution < -0.4 is 0 Å². The maximum absolute atomic E-state index is 6.44. The minimum Gasteiger partial charge on any atom is -0.456 e. The van der Waals surface area contributed by atoms with Crippen molar-refractivity contribution in [2.75, 3.05) is 0 Å². The van der Waals surface area contributed by atoms with Crippen LogP contribution in [0.4, 0.5) is 0 Å². The first kappa shape index (κ1) is 31.1. The van der Waals surface area contributed by atoms with Crippen molar-refractivity contribution in [3.05, 3.63) is 188 Å². The van der Waals surface area contributed by atoms with E-state index in [2.05, 4.69) is 164 Å². The third kappa shape index (κ3) is 5.34. The lowest BCUT2D eigenvalue weighted by Crippen LogP contribution is -2.00. The van der Waals surface area contributed by atoms with Gasteiger partial charge in [-0.05, 0) is 78.8 Å². The van der Waals surface area contributed by atoms with Crippen LogP contribution in [0.1, 0.15) is 0 Å². The van der Waals surface area contributed by atoms with Crippen LogP contribution in [0.3, 0.4) is 0 Å². The summed E-state index contributed by atoms with van der Waals surface area (Å²) in [5.74, 6) is 1.81. The summed E-state index contributed by atoms with van der Waals surface area (Å²) in [4.78, 5) is 15.7. The zero-order chi connectivity index (χ0) is 36.3. The summed E-state index contributed by atoms with van der Waals surface area (Å²) in [6, 6.07) is 65.8. The van der Waals surface area contributed by atoms with Crippen molar-refractivity contribution in [3.8, 4) is 56.4 Å². The zero-order valence-electron chi connectivity index (χ0n) is 29.6. The monoisotopic (exact) mass is 701 g/mol. The van der Waals surface area contributed by atoms with Gasteiger partial charge in [-0.2, -0.15) is 0 Å². The van der Waals surface area contributed by atoms with E-state index < -0.39 is 0 Å². The Labute approximate surface area is 317 Å². The largest absolute Gasteiger partial charge is 0.456 e. The van der Waals surface area contributed by atoms with Crippen LogP contribution >= 0.6 is 0 Å². The van der Waals surface area contributed by atoms with Crippen molar-refractivity contribution < 1.29 is 4.42 Å². The van der Waals surface area contributed by atoms with E-state index in [9.17, 15) is 0 Å². The average molecular weight is 702 g/mol. The number of aromatic nitrogens is 3. The highest BCUT2D eigenvalue weighted by Crippen LogP contribution is 2.39. The minimum atomic E-state index is 0.592. The zero-order valence-corrected chi connectivity index (χ0v) is 29.6. The van der Waals surface area contributed by atoms with E-state index in [1.54, 1.807) is 0 Å². The number of benzene rings is 9. The first-order chi connectivity index (χ1) is 27.2. The molecule has 9 aromatic carbocycles. The van der Waals surface area contributed by atoms with Crippen LogP contribution in [0.5, 0.6) is 0 Å². The van der Waals surface area contributed by atoms with Crippen LogP contribution in [0.15, 0.2) is 192 Å². The van der Waals surface area contributed by atoms with Gasteiger partial charge in [-0.1, -0.05) is 164 Å². The molecule has 2 aromatic heterocycles. The van der Waals surface area contributed by atoms with Crippen LogP contribution in [0.2, 0.25) is 0 Å². The van der Waals surface area contributed by atoms with Crippen molar-refractivity contribution in [3.63, 3.8) is 0 Å². The van der Waals surface area contributed by atoms with Gasteiger partial charge in [0.25, 0.3) is 0 Å². The fourth-order valence-corrected chi connectivity index (χ4v) is 7.98. The Morgan fingerprint density at radius 3 is 1.62 bits per heavy atom. The quantitative estimate of drug-likeness (QED) is 0.168. The van der Waals surface area contributed by atoms with E-state index in [4.69, 9.17) is 19.4 Å². The molecule has 2 heterocycles. The summed E-state index contributed by atoms with van der Waals surface area (Å²) in [5.41, 5.74) is 8.91. The van der Waals surface area contributed by atoms with Crippen molar-refractivity contribution in [2.45, 2.75) is 0 Å². The van der Waals surface area contributed by atoms with Crippen LogP contribution in [-0.4, -0.2) is 15.0 Å². The number of fused-ring (bicyclic) bond motifs is 8. The number of hydrogen-bond acceptors (Lipinski definition) is 4. The molecule has 0 aliphatic heterocycles. The lowest BCUT2D eigenvalue weighted by atomic mass is 9.95. The molecular weight excluding hydrogens is 671 g/mol. The molecule has 256 valence electrons. The van der Waals surface area contributed by atoms with Gasteiger partial charge in [-0.3, -0.25) is 0 Å². The van der Waals surface area contributed by atoms with E-state index in [0.717, 1.165) is 60.9 Å². The van der Waals surface area contributed by atoms with Crippen LogP contribution in [-0.2, 0) is 0 Å². The summed E-state index contributed by atoms with van der Waals surface area (Å²) in [6.07, 6.45) is 0. The molecule has 4 nitrogen and oxygen atoms in total. The molecule has 0 radical (unpaired) electrons. The summed E-state index contributed by atoms with van der Waals surface area (Å²) in [5, 5.41) is 9.21. The molecule has 0 amide bonds. The second-order valence-electron chi connectivity index (χ2n) is 14.0. The van der Waals surface area contributed by atoms with E-state index in [1.807, 2.05) is 24.3 Å². The van der Waals surface area contributed by atoms with Gasteiger partial charge in [0, 0.05) is 27.5 Å². The molecule has 0 atom stereocenters. The summed E-state index contributed by atoms with van der Waals surface area (Å²) in [6.45, 7) is 0. The fraction of sp³-hybridized carbons (Fsp3) is 0. The molecule has 11 aromatic rings. The molecule has 4 heteroatoms. The smallest absolute Gasteiger partial charge is 0.164 e. The third-order valence-corrected chi connectivity index (χ3v) is 10.7. The molecule has 55 heavy (non-hydrogen) atoms. The van der Waals surface area contributed by atoms with Gasteiger partial charge in [0.15, 0.2) is 17.5 Å². The number of furan rings is 1. The second kappa shape index (κ2) is 12.6. The Morgan fingerprint density at radius 2 is 0.836 bits per heavy atom. The Kier molecular flexibility index (Phi) is 7.14. The van der Waals surface area contributed by atoms with Gasteiger partial charge in [0.1, 0.15) is 11.2 Å². The topological polar surface area (TPSA) is 51.8 Å². The number of nitrogens with zero attached hydrogens (tertiary/aromatic N) is 3. The van der Waals surface area contributed by atoms with Crippen LogP contribution in [0.25, 0.3) is 111 Å². The molecule has 0 fully saturated rings. The Hall–Kier alpha value is -7.43. The van der Waals surface area contributed by atoms with Crippen molar-refractivity contribution in [1.82, 2.24) is 15.0 Å². The standard InChI is InChI=1S/C51H31N3O/c1-3-10-32(11-4-1)34-18-25-38(26-19-34)49-52-50(40-27-22-36-21-24-37-23-20-35-14-7-8-15-41(35)47(37)43(36)31-40)54-51(53-49)42-16-9-17-46-48(42)44-30-39(28-29-45(44)55-46)33-12-5-2-6-13-33/h1-31H. The third-order valence-electron chi connectivity index (χ3n) is 10.7. The first-order valence-corrected chi connectivity index (χ1v) is 18.5. The molecule has 0 aliphatic rings. The molecule has 0 bridgehead atoms. The summed E-state index contributed by atoms with van der Waals surface area (Å²) >= 11 is 0. The molecule has 0 N–H and O–H groups in total. The minimum absolute atomic E-state index is 0.592. The number of rotatable bonds is 5. The van der Waals surface area contributed by atoms with E-state index in [1.165, 1.54) is 32.3 Å². The van der Waals surface area contributed by atoms with E-state index >= 15 is 0 Å². The molecule has 0 saturated heterocycles. The maximum atomic E-state index is 6.44. The SMILES string of the molecule is c1ccc(-c2ccc(-c3nc(-c4ccc5ccc6ccc7ccccc7c6c5c4)nc(-c4cccc5oc6ccc(-c7ccccc7)cc6c45)n3)cc2)cc1. The molecule has 0 unspecified atom stereocenters. The Morgan fingerprint density at radius 1 is 0.291 bits per heavy atom. The molecule has 11 rings (SSSR count). The van der Waals surface area contributed by atoms with Crippen LogP contribution in [0, 0.1) is 0 Å². The van der Waals surface area contributed by atoms with Crippen molar-refractivity contribution in [1.29, 1.82) is 0 Å². The first-order valence-electron chi connectivity index (χ1n) is 18.5. The normalized spacial score (nSPS) is 11.6. The molecule has 0 spiro atoms. The lowest BCUT2D eigenvalue weighted by molar-refractivity contribution is 0.669. The van der Waals surface area contributed by atoms with Gasteiger partial charge in [-0.15, -0.1) is 0 Å².